The predicted molar refractivity (Wildman–Crippen MR) is 86.5 cm³/mol. The van der Waals surface area contributed by atoms with Gasteiger partial charge in [0, 0.05) is 4.88 Å². The Labute approximate surface area is 132 Å². The molecule has 2 aromatic heterocycles. The van der Waals surface area contributed by atoms with Gasteiger partial charge in [0.2, 0.25) is 0 Å². The van der Waals surface area contributed by atoms with Gasteiger partial charge < -0.3 is 4.74 Å². The number of nitrogens with zero attached hydrogens (tertiary/aromatic N) is 2. The SMILES string of the molecule is CCCOC(=O)Cn1c(C)nc2sc3c(c2c1=O)CCCC3. The highest BCUT2D eigenvalue weighted by atomic mass is 32.1. The number of esters is 1. The summed E-state index contributed by atoms with van der Waals surface area (Å²) in [6.45, 7) is 4.04. The van der Waals surface area contributed by atoms with E-state index < -0.39 is 0 Å². The molecule has 1 aliphatic carbocycles. The third kappa shape index (κ3) is 2.67. The Kier molecular flexibility index (Phi) is 4.29. The Hall–Kier alpha value is -1.69. The lowest BCUT2D eigenvalue weighted by Gasteiger charge is -2.11. The summed E-state index contributed by atoms with van der Waals surface area (Å²) in [6, 6.07) is 0. The number of thiophene rings is 1. The molecule has 0 amide bonds. The van der Waals surface area contributed by atoms with Crippen LogP contribution in [0.25, 0.3) is 10.2 Å². The van der Waals surface area contributed by atoms with Crippen molar-refractivity contribution in [3.05, 3.63) is 26.6 Å². The van der Waals surface area contributed by atoms with Gasteiger partial charge in [0.05, 0.1) is 12.0 Å². The summed E-state index contributed by atoms with van der Waals surface area (Å²) in [5.41, 5.74) is 1.05. The van der Waals surface area contributed by atoms with Crippen molar-refractivity contribution in [3.8, 4) is 0 Å². The molecule has 0 N–H and O–H groups in total. The number of hydrogen-bond donors (Lipinski definition) is 0. The van der Waals surface area contributed by atoms with E-state index in [1.54, 1.807) is 18.3 Å². The summed E-state index contributed by atoms with van der Waals surface area (Å²) in [6.07, 6.45) is 5.04. The van der Waals surface area contributed by atoms with Gasteiger partial charge in [-0.15, -0.1) is 11.3 Å². The zero-order valence-electron chi connectivity index (χ0n) is 13.0. The van der Waals surface area contributed by atoms with Gasteiger partial charge >= 0.3 is 5.97 Å². The van der Waals surface area contributed by atoms with Crippen LogP contribution in [0.1, 0.15) is 42.5 Å². The van der Waals surface area contributed by atoms with Crippen molar-refractivity contribution in [1.82, 2.24) is 9.55 Å². The van der Waals surface area contributed by atoms with Crippen molar-refractivity contribution in [2.24, 2.45) is 0 Å². The molecule has 2 aromatic rings. The zero-order chi connectivity index (χ0) is 15.7. The largest absolute Gasteiger partial charge is 0.464 e. The van der Waals surface area contributed by atoms with Gasteiger partial charge in [-0.05, 0) is 44.6 Å². The average molecular weight is 320 g/mol. The Bertz CT molecular complexity index is 776. The van der Waals surface area contributed by atoms with Crippen molar-refractivity contribution in [3.63, 3.8) is 0 Å². The van der Waals surface area contributed by atoms with Gasteiger partial charge in [-0.3, -0.25) is 14.2 Å². The lowest BCUT2D eigenvalue weighted by atomic mass is 9.97. The standard InChI is InChI=1S/C16H20N2O3S/c1-3-8-21-13(19)9-18-10(2)17-15-14(16(18)20)11-6-4-5-7-12(11)22-15/h3-9H2,1-2H3. The van der Waals surface area contributed by atoms with Crippen LogP contribution in [0.15, 0.2) is 4.79 Å². The third-order valence-electron chi connectivity index (χ3n) is 4.02. The van der Waals surface area contributed by atoms with Crippen LogP contribution in [0, 0.1) is 6.92 Å². The van der Waals surface area contributed by atoms with E-state index in [2.05, 4.69) is 4.98 Å². The minimum absolute atomic E-state index is 0.0573. The topological polar surface area (TPSA) is 61.2 Å². The van der Waals surface area contributed by atoms with Gasteiger partial charge in [-0.2, -0.15) is 0 Å². The third-order valence-corrected chi connectivity index (χ3v) is 5.21. The Morgan fingerprint density at radius 2 is 2.14 bits per heavy atom. The summed E-state index contributed by atoms with van der Waals surface area (Å²) in [4.78, 5) is 31.3. The molecule has 0 spiro atoms. The average Bonchev–Trinajstić information content (AvgIpc) is 2.87. The fourth-order valence-corrected chi connectivity index (χ4v) is 4.21. The summed E-state index contributed by atoms with van der Waals surface area (Å²) in [5.74, 6) is 0.196. The van der Waals surface area contributed by atoms with E-state index in [-0.39, 0.29) is 18.1 Å². The molecule has 0 fully saturated rings. The number of aromatic nitrogens is 2. The maximum atomic E-state index is 12.8. The Morgan fingerprint density at radius 1 is 1.36 bits per heavy atom. The molecule has 0 saturated heterocycles. The van der Waals surface area contributed by atoms with E-state index in [1.165, 1.54) is 15.9 Å². The molecule has 0 bridgehead atoms. The number of carbonyl (C=O) groups excluding carboxylic acids is 1. The highest BCUT2D eigenvalue weighted by molar-refractivity contribution is 7.18. The van der Waals surface area contributed by atoms with Crippen LogP contribution < -0.4 is 5.56 Å². The molecule has 0 aliphatic heterocycles. The second-order valence-electron chi connectivity index (χ2n) is 5.66. The Balaban J connectivity index is 2.04. The summed E-state index contributed by atoms with van der Waals surface area (Å²) in [7, 11) is 0. The predicted octanol–water partition coefficient (Wildman–Crippen LogP) is 2.60. The second kappa shape index (κ2) is 6.20. The summed E-state index contributed by atoms with van der Waals surface area (Å²) < 4.78 is 6.53. The number of carbonyl (C=O) groups is 1. The number of fused-ring (bicyclic) bond motifs is 3. The molecule has 3 rings (SSSR count). The minimum Gasteiger partial charge on any atom is -0.464 e. The number of ether oxygens (including phenoxy) is 1. The summed E-state index contributed by atoms with van der Waals surface area (Å²) in [5, 5.41) is 0.716. The van der Waals surface area contributed by atoms with Crippen LogP contribution in [-0.2, 0) is 28.9 Å². The quantitative estimate of drug-likeness (QED) is 0.813. The van der Waals surface area contributed by atoms with Crippen LogP contribution in [0.2, 0.25) is 0 Å². The maximum Gasteiger partial charge on any atom is 0.326 e. The molecular weight excluding hydrogens is 300 g/mol. The minimum atomic E-state index is -0.378. The van der Waals surface area contributed by atoms with Crippen molar-refractivity contribution in [2.75, 3.05) is 6.61 Å². The van der Waals surface area contributed by atoms with E-state index in [1.807, 2.05) is 6.92 Å². The first kappa shape index (κ1) is 15.2. The fourth-order valence-electron chi connectivity index (χ4n) is 2.92. The van der Waals surface area contributed by atoms with Crippen LogP contribution in [0.5, 0.6) is 0 Å². The molecule has 0 aromatic carbocycles. The Morgan fingerprint density at radius 3 is 2.91 bits per heavy atom. The van der Waals surface area contributed by atoms with Gasteiger partial charge in [-0.1, -0.05) is 6.92 Å². The molecule has 6 heteroatoms. The second-order valence-corrected chi connectivity index (χ2v) is 6.75. The van der Waals surface area contributed by atoms with Crippen molar-refractivity contribution < 1.29 is 9.53 Å². The molecule has 118 valence electrons. The first-order valence-corrected chi connectivity index (χ1v) is 8.60. The summed E-state index contributed by atoms with van der Waals surface area (Å²) >= 11 is 1.63. The molecule has 0 saturated carbocycles. The highest BCUT2D eigenvalue weighted by Gasteiger charge is 2.21. The molecule has 0 atom stereocenters. The number of hydrogen-bond acceptors (Lipinski definition) is 5. The number of aryl methyl sites for hydroxylation is 3. The monoisotopic (exact) mass is 320 g/mol. The molecule has 22 heavy (non-hydrogen) atoms. The maximum absolute atomic E-state index is 12.8. The fraction of sp³-hybridized carbons (Fsp3) is 0.562. The van der Waals surface area contributed by atoms with Gasteiger partial charge in [0.1, 0.15) is 17.2 Å². The van der Waals surface area contributed by atoms with Crippen LogP contribution in [-0.4, -0.2) is 22.1 Å². The van der Waals surface area contributed by atoms with E-state index in [4.69, 9.17) is 4.74 Å². The lowest BCUT2D eigenvalue weighted by molar-refractivity contribution is -0.144. The molecule has 0 radical (unpaired) electrons. The van der Waals surface area contributed by atoms with Crippen LogP contribution in [0.4, 0.5) is 0 Å². The molecular formula is C16H20N2O3S. The van der Waals surface area contributed by atoms with Gasteiger partial charge in [0.15, 0.2) is 0 Å². The van der Waals surface area contributed by atoms with Crippen LogP contribution >= 0.6 is 11.3 Å². The highest BCUT2D eigenvalue weighted by Crippen LogP contribution is 2.33. The molecule has 0 unspecified atom stereocenters. The van der Waals surface area contributed by atoms with Crippen molar-refractivity contribution in [2.45, 2.75) is 52.5 Å². The zero-order valence-corrected chi connectivity index (χ0v) is 13.8. The first-order valence-electron chi connectivity index (χ1n) is 7.79. The lowest BCUT2D eigenvalue weighted by Crippen LogP contribution is -2.28. The van der Waals surface area contributed by atoms with Crippen LogP contribution in [0.3, 0.4) is 0 Å². The van der Waals surface area contributed by atoms with Crippen molar-refractivity contribution >= 4 is 27.5 Å². The van der Waals surface area contributed by atoms with E-state index >= 15 is 0 Å². The number of rotatable bonds is 4. The molecule has 2 heterocycles. The smallest absolute Gasteiger partial charge is 0.326 e. The normalized spacial score (nSPS) is 14.1. The molecule has 5 nitrogen and oxygen atoms in total. The van der Waals surface area contributed by atoms with E-state index in [0.29, 0.717) is 17.8 Å². The van der Waals surface area contributed by atoms with Gasteiger partial charge in [-0.25, -0.2) is 4.98 Å². The molecule has 1 aliphatic rings. The van der Waals surface area contributed by atoms with E-state index in [0.717, 1.165) is 36.1 Å². The van der Waals surface area contributed by atoms with Gasteiger partial charge in [0.25, 0.3) is 5.56 Å². The first-order chi connectivity index (χ1) is 10.6. The van der Waals surface area contributed by atoms with Crippen molar-refractivity contribution in [1.29, 1.82) is 0 Å². The van der Waals surface area contributed by atoms with E-state index in [9.17, 15) is 9.59 Å².